The summed E-state index contributed by atoms with van der Waals surface area (Å²) in [5.74, 6) is 0.581. The molecule has 6 nitrogen and oxygen atoms in total. The van der Waals surface area contributed by atoms with Gasteiger partial charge in [0, 0.05) is 32.3 Å². The number of hydrogen-bond acceptors (Lipinski definition) is 6. The SMILES string of the molecule is CC.CC.CC.CC.CC.CC.CCc1cc(C)c2occc2c1.Cc1c(C)c(C)c2occc2c1C.Cc1cc(C(C)(C)C)cc2ccoc12.Cc1cc(C(C)C)cc2ccoc12.Cc1cc(C)c2ccoc2c1C.Cc1cc2ccoc2c(C)c1C. The van der Waals surface area contributed by atoms with Crippen LogP contribution in [0.15, 0.2) is 149 Å². The van der Waals surface area contributed by atoms with Crippen LogP contribution in [0.25, 0.3) is 65.8 Å². The Morgan fingerprint density at radius 1 is 0.307 bits per heavy atom. The number of fused-ring (bicyclic) bond motifs is 6. The predicted molar refractivity (Wildman–Crippen MR) is 389 cm³/mol. The van der Waals surface area contributed by atoms with Gasteiger partial charge in [-0.05, 0) is 257 Å². The molecule has 0 aliphatic heterocycles. The van der Waals surface area contributed by atoms with E-state index in [2.05, 4.69) is 180 Å². The van der Waals surface area contributed by atoms with Gasteiger partial charge in [-0.15, -0.1) is 0 Å². The molecule has 0 saturated carbocycles. The number of furan rings is 6. The van der Waals surface area contributed by atoms with Crippen molar-refractivity contribution in [2.75, 3.05) is 0 Å². The topological polar surface area (TPSA) is 78.8 Å². The zero-order chi connectivity index (χ0) is 67.3. The number of rotatable bonds is 2. The highest BCUT2D eigenvalue weighted by Crippen LogP contribution is 2.32. The number of hydrogen-bond donors (Lipinski definition) is 0. The maximum Gasteiger partial charge on any atom is 0.137 e. The second-order valence-corrected chi connectivity index (χ2v) is 22.1. The van der Waals surface area contributed by atoms with Crippen LogP contribution >= 0.6 is 0 Å². The van der Waals surface area contributed by atoms with Gasteiger partial charge in [-0.25, -0.2) is 0 Å². The summed E-state index contributed by atoms with van der Waals surface area (Å²) in [5, 5.41) is 7.32. The first-order valence-electron chi connectivity index (χ1n) is 32.7. The fourth-order valence-corrected chi connectivity index (χ4v) is 9.84. The van der Waals surface area contributed by atoms with Crippen molar-refractivity contribution in [1.29, 1.82) is 0 Å². The predicted octanol–water partition coefficient (Wildman–Crippen LogP) is 27.7. The van der Waals surface area contributed by atoms with E-state index in [1.54, 1.807) is 37.6 Å². The zero-order valence-electron chi connectivity index (χ0n) is 60.8. The number of aryl methyl sites for hydroxylation is 11. The molecule has 0 radical (unpaired) electrons. The molecule has 6 heterocycles. The Kier molecular flexibility index (Phi) is 34.6. The van der Waals surface area contributed by atoms with Crippen molar-refractivity contribution in [2.45, 2.75) is 232 Å². The lowest BCUT2D eigenvalue weighted by atomic mass is 9.85. The second-order valence-electron chi connectivity index (χ2n) is 22.1. The molecule has 12 rings (SSSR count). The summed E-state index contributed by atoms with van der Waals surface area (Å²) in [6.07, 6.45) is 11.6. The van der Waals surface area contributed by atoms with Crippen LogP contribution in [0, 0.1) is 90.0 Å². The summed E-state index contributed by atoms with van der Waals surface area (Å²) < 4.78 is 32.4. The average Bonchev–Trinajstić information content (AvgIpc) is 2.00. The van der Waals surface area contributed by atoms with Crippen molar-refractivity contribution in [3.05, 3.63) is 212 Å². The van der Waals surface area contributed by atoms with E-state index >= 15 is 0 Å². The van der Waals surface area contributed by atoms with E-state index in [1.807, 2.05) is 119 Å². The molecule has 0 bridgehead atoms. The third-order valence-corrected chi connectivity index (χ3v) is 15.3. The molecule has 0 amide bonds. The van der Waals surface area contributed by atoms with Gasteiger partial charge < -0.3 is 26.5 Å². The summed E-state index contributed by atoms with van der Waals surface area (Å²) in [5.41, 5.74) is 27.3. The summed E-state index contributed by atoms with van der Waals surface area (Å²) in [6, 6.07) is 29.7. The quantitative estimate of drug-likeness (QED) is 0.172. The van der Waals surface area contributed by atoms with E-state index in [9.17, 15) is 0 Å². The molecule has 0 saturated heterocycles. The van der Waals surface area contributed by atoms with Crippen molar-refractivity contribution < 1.29 is 26.5 Å². The maximum atomic E-state index is 5.47. The Morgan fingerprint density at radius 2 is 0.670 bits per heavy atom. The second kappa shape index (κ2) is 38.8. The van der Waals surface area contributed by atoms with E-state index in [1.165, 1.54) is 121 Å². The standard InChI is InChI=1S/C13H16O.2C12H14O.3C11H12O.6C2H6/c1-9-7-11(13(2,3)4)8-10-5-6-14-12(9)10;1-7-8(2)10(4)12-11(9(7)3)5-6-13-12;1-8(2)11-6-9(3)12-10(7-11)4-5-13-12;1-7-6-10-4-5-12-11(10)9(3)8(7)2;1-7-6-8(2)10-4-5-12-11(10)9(7)3;1-3-9-6-8(2)11-10(7-9)4-5-12-11;6*1-2/h5-8H,1-4H3;5-6H,1-4H3;4-8H,1-3H3;2*4-6H,1-3H3;4-7H,3H2,1-2H3;6*1-2H3. The van der Waals surface area contributed by atoms with Crippen LogP contribution in [-0.2, 0) is 11.8 Å². The molecule has 6 heteroatoms. The molecule has 6 aromatic heterocycles. The Morgan fingerprint density at radius 3 is 1.15 bits per heavy atom. The minimum absolute atomic E-state index is 0.205. The van der Waals surface area contributed by atoms with E-state index < -0.39 is 0 Å². The van der Waals surface area contributed by atoms with E-state index in [0.717, 1.165) is 39.9 Å². The highest BCUT2D eigenvalue weighted by Gasteiger charge is 2.16. The van der Waals surface area contributed by atoms with Gasteiger partial charge in [0.15, 0.2) is 0 Å². The van der Waals surface area contributed by atoms with Crippen LogP contribution in [0.4, 0.5) is 0 Å². The van der Waals surface area contributed by atoms with Crippen LogP contribution in [0.3, 0.4) is 0 Å². The van der Waals surface area contributed by atoms with Crippen molar-refractivity contribution in [2.24, 2.45) is 0 Å². The smallest absolute Gasteiger partial charge is 0.137 e. The summed E-state index contributed by atoms with van der Waals surface area (Å²) in [7, 11) is 0. The summed E-state index contributed by atoms with van der Waals surface area (Å²) in [6.45, 7) is 64.8. The van der Waals surface area contributed by atoms with Crippen molar-refractivity contribution >= 4 is 65.8 Å². The Bertz CT molecular complexity index is 3870. The van der Waals surface area contributed by atoms with Gasteiger partial charge in [-0.1, -0.05) is 149 Å². The normalized spacial score (nSPS) is 10.1. The first kappa shape index (κ1) is 78.6. The Balaban J connectivity index is 0.000000510. The number of benzene rings is 6. The van der Waals surface area contributed by atoms with Crippen molar-refractivity contribution in [3.63, 3.8) is 0 Å². The molecule has 88 heavy (non-hydrogen) atoms. The highest BCUT2D eigenvalue weighted by atomic mass is 16.3. The molecule has 6 aromatic carbocycles. The van der Waals surface area contributed by atoms with Gasteiger partial charge in [-0.2, -0.15) is 0 Å². The third kappa shape index (κ3) is 20.3. The van der Waals surface area contributed by atoms with Gasteiger partial charge >= 0.3 is 0 Å². The lowest BCUT2D eigenvalue weighted by Crippen LogP contribution is -2.10. The summed E-state index contributed by atoms with van der Waals surface area (Å²) in [4.78, 5) is 0. The van der Waals surface area contributed by atoms with E-state index in [-0.39, 0.29) is 5.41 Å². The van der Waals surface area contributed by atoms with Gasteiger partial charge in [0.25, 0.3) is 0 Å². The summed E-state index contributed by atoms with van der Waals surface area (Å²) >= 11 is 0. The van der Waals surface area contributed by atoms with Crippen LogP contribution in [0.5, 0.6) is 0 Å². The highest BCUT2D eigenvalue weighted by molar-refractivity contribution is 5.87. The lowest BCUT2D eigenvalue weighted by Gasteiger charge is -2.19. The molecule has 12 aromatic rings. The molecule has 480 valence electrons. The fourth-order valence-electron chi connectivity index (χ4n) is 9.84. The van der Waals surface area contributed by atoms with Crippen LogP contribution in [0.2, 0.25) is 0 Å². The van der Waals surface area contributed by atoms with Crippen LogP contribution in [0.1, 0.15) is 220 Å². The molecular formula is C82H116O6. The molecule has 0 aliphatic rings. The van der Waals surface area contributed by atoms with Gasteiger partial charge in [0.2, 0.25) is 0 Å². The molecule has 0 unspecified atom stereocenters. The maximum absolute atomic E-state index is 5.47. The molecule has 0 spiro atoms. The molecule has 0 N–H and O–H groups in total. The minimum Gasteiger partial charge on any atom is -0.464 e. The minimum atomic E-state index is 0.205. The largest absolute Gasteiger partial charge is 0.464 e. The van der Waals surface area contributed by atoms with Gasteiger partial charge in [0.05, 0.1) is 37.6 Å². The zero-order valence-corrected chi connectivity index (χ0v) is 60.8. The van der Waals surface area contributed by atoms with E-state index in [4.69, 9.17) is 26.5 Å². The van der Waals surface area contributed by atoms with Crippen LogP contribution in [-0.4, -0.2) is 0 Å². The molecular weight excluding hydrogens is 1080 g/mol. The molecule has 0 atom stereocenters. The monoisotopic (exact) mass is 1200 g/mol. The van der Waals surface area contributed by atoms with Gasteiger partial charge in [-0.3, -0.25) is 0 Å². The lowest BCUT2D eigenvalue weighted by molar-refractivity contribution is 0.588. The third-order valence-electron chi connectivity index (χ3n) is 15.3. The average molecular weight is 1200 g/mol. The molecule has 0 fully saturated rings. The van der Waals surface area contributed by atoms with Gasteiger partial charge in [0.1, 0.15) is 33.5 Å². The first-order valence-corrected chi connectivity index (χ1v) is 32.7. The van der Waals surface area contributed by atoms with Crippen LogP contribution < -0.4 is 0 Å². The van der Waals surface area contributed by atoms with Crippen molar-refractivity contribution in [3.8, 4) is 0 Å². The Hall–Kier alpha value is -7.44. The van der Waals surface area contributed by atoms with E-state index in [0.29, 0.717) is 5.92 Å². The Labute approximate surface area is 533 Å². The fraction of sp³-hybridized carbons (Fsp3) is 0.415. The first-order chi connectivity index (χ1) is 42.0. The molecule has 0 aliphatic carbocycles. The van der Waals surface area contributed by atoms with Crippen molar-refractivity contribution in [1.82, 2.24) is 0 Å².